The number of benzene rings is 3. The van der Waals surface area contributed by atoms with E-state index in [2.05, 4.69) is 15.5 Å². The van der Waals surface area contributed by atoms with Gasteiger partial charge in [-0.15, -0.1) is 10.2 Å². The van der Waals surface area contributed by atoms with E-state index < -0.39 is 28.3 Å². The van der Waals surface area contributed by atoms with E-state index in [1.165, 1.54) is 15.3 Å². The van der Waals surface area contributed by atoms with Crippen molar-refractivity contribution in [3.8, 4) is 16.3 Å². The predicted octanol–water partition coefficient (Wildman–Crippen LogP) is 5.63. The van der Waals surface area contributed by atoms with E-state index in [1.54, 1.807) is 43.6 Å². The topological polar surface area (TPSA) is 105 Å². The second-order valence-corrected chi connectivity index (χ2v) is 14.4. The highest BCUT2D eigenvalue weighted by atomic mass is 32.2. The Bertz CT molecular complexity index is 1880. The van der Waals surface area contributed by atoms with E-state index in [9.17, 15) is 8.42 Å². The van der Waals surface area contributed by atoms with E-state index in [0.29, 0.717) is 33.0 Å². The molecule has 0 aliphatic carbocycles. The SMILES string of the molecule is COc1ccc(CNc2nnc(-c3ccc4c(c3)c(B3OC(C)(C)C(C)(C)O3)cn4S(=O)(=O)c3ccc(C)cc3)s2)cc1. The predicted molar refractivity (Wildman–Crippen MR) is 171 cm³/mol. The van der Waals surface area contributed by atoms with Crippen molar-refractivity contribution >= 4 is 50.0 Å². The van der Waals surface area contributed by atoms with E-state index >= 15 is 0 Å². The van der Waals surface area contributed by atoms with E-state index in [4.69, 9.17) is 14.0 Å². The van der Waals surface area contributed by atoms with Crippen LogP contribution in [-0.2, 0) is 25.9 Å². The summed E-state index contributed by atoms with van der Waals surface area (Å²) in [6.45, 7) is 10.4. The maximum Gasteiger partial charge on any atom is 0.497 e. The molecule has 12 heteroatoms. The first kappa shape index (κ1) is 29.4. The summed E-state index contributed by atoms with van der Waals surface area (Å²) >= 11 is 1.42. The van der Waals surface area contributed by atoms with Gasteiger partial charge in [-0.1, -0.05) is 41.2 Å². The van der Waals surface area contributed by atoms with Gasteiger partial charge in [0.1, 0.15) is 10.8 Å². The Hall–Kier alpha value is -3.71. The molecule has 1 fully saturated rings. The molecule has 0 saturated carbocycles. The number of anilines is 1. The van der Waals surface area contributed by atoms with Crippen molar-refractivity contribution in [3.63, 3.8) is 0 Å². The standard InChI is InChI=1S/C31H33BN4O5S2/c1-20-7-14-24(15-8-20)43(37,38)36-19-26(32-40-30(2,3)31(4,5)41-32)25-17-22(11-16-27(25)36)28-34-35-29(42-28)33-18-21-9-12-23(39-6)13-10-21/h7-17,19H,18H2,1-6H3,(H,33,35). The van der Waals surface area contributed by atoms with Gasteiger partial charge >= 0.3 is 7.12 Å². The highest BCUT2D eigenvalue weighted by molar-refractivity contribution is 7.90. The second kappa shape index (κ2) is 10.8. The Balaban J connectivity index is 1.37. The van der Waals surface area contributed by atoms with E-state index in [-0.39, 0.29) is 4.90 Å². The van der Waals surface area contributed by atoms with Crippen LogP contribution in [0.4, 0.5) is 5.13 Å². The summed E-state index contributed by atoms with van der Waals surface area (Å²) in [6.07, 6.45) is 1.62. The van der Waals surface area contributed by atoms with Crippen LogP contribution in [0, 0.1) is 6.92 Å². The molecule has 2 aromatic heterocycles. The third-order valence-electron chi connectivity index (χ3n) is 8.16. The molecule has 1 aliphatic rings. The first-order chi connectivity index (χ1) is 20.4. The minimum atomic E-state index is -3.90. The van der Waals surface area contributed by atoms with Crippen molar-refractivity contribution < 1.29 is 22.5 Å². The molecule has 1 saturated heterocycles. The molecule has 1 aliphatic heterocycles. The molecular formula is C31H33BN4O5S2. The lowest BCUT2D eigenvalue weighted by Gasteiger charge is -2.32. The first-order valence-electron chi connectivity index (χ1n) is 13.9. The van der Waals surface area contributed by atoms with Gasteiger partial charge in [0.05, 0.1) is 28.7 Å². The smallest absolute Gasteiger partial charge is 0.497 e. The third kappa shape index (κ3) is 5.44. The lowest BCUT2D eigenvalue weighted by atomic mass is 9.79. The lowest BCUT2D eigenvalue weighted by Crippen LogP contribution is -2.41. The zero-order valence-corrected chi connectivity index (χ0v) is 26.5. The van der Waals surface area contributed by atoms with Crippen molar-refractivity contribution in [2.24, 2.45) is 0 Å². The van der Waals surface area contributed by atoms with Crippen LogP contribution in [0.25, 0.3) is 21.5 Å². The van der Waals surface area contributed by atoms with Gasteiger partial charge in [-0.05, 0) is 82.6 Å². The van der Waals surface area contributed by atoms with Crippen molar-refractivity contribution in [2.75, 3.05) is 12.4 Å². The quantitative estimate of drug-likeness (QED) is 0.224. The number of aryl methyl sites for hydroxylation is 1. The van der Waals surface area contributed by atoms with Gasteiger partial charge in [0.2, 0.25) is 5.13 Å². The molecule has 0 unspecified atom stereocenters. The van der Waals surface area contributed by atoms with Crippen molar-refractivity contribution in [1.82, 2.24) is 14.2 Å². The molecule has 0 bridgehead atoms. The van der Waals surface area contributed by atoms with Crippen LogP contribution in [0.1, 0.15) is 38.8 Å². The zero-order valence-electron chi connectivity index (χ0n) is 24.9. The molecular weight excluding hydrogens is 583 g/mol. The maximum absolute atomic E-state index is 13.9. The summed E-state index contributed by atoms with van der Waals surface area (Å²) in [6, 6.07) is 20.3. The summed E-state index contributed by atoms with van der Waals surface area (Å²) in [7, 11) is -3.01. The highest BCUT2D eigenvalue weighted by Gasteiger charge is 2.52. The fraction of sp³-hybridized carbons (Fsp3) is 0.290. The number of aromatic nitrogens is 3. The molecule has 3 aromatic carbocycles. The van der Waals surface area contributed by atoms with Crippen molar-refractivity contribution in [1.29, 1.82) is 0 Å². The summed E-state index contributed by atoms with van der Waals surface area (Å²) < 4.78 is 47.0. The Labute approximate surface area is 256 Å². The summed E-state index contributed by atoms with van der Waals surface area (Å²) in [5, 5.41) is 14.2. The van der Waals surface area contributed by atoms with Gasteiger partial charge in [-0.2, -0.15) is 0 Å². The minimum absolute atomic E-state index is 0.205. The minimum Gasteiger partial charge on any atom is -0.497 e. The Morgan fingerprint density at radius 3 is 2.28 bits per heavy atom. The number of rotatable bonds is 8. The number of hydrogen-bond donors (Lipinski definition) is 1. The van der Waals surface area contributed by atoms with Crippen LogP contribution in [-0.4, -0.2) is 48.0 Å². The molecule has 0 atom stereocenters. The molecule has 43 heavy (non-hydrogen) atoms. The molecule has 1 N–H and O–H groups in total. The number of ether oxygens (including phenoxy) is 1. The van der Waals surface area contributed by atoms with Crippen LogP contribution in [0.3, 0.4) is 0 Å². The molecule has 0 radical (unpaired) electrons. The summed E-state index contributed by atoms with van der Waals surface area (Å²) in [5.41, 5.74) is 2.85. The van der Waals surface area contributed by atoms with Crippen LogP contribution < -0.4 is 15.5 Å². The lowest BCUT2D eigenvalue weighted by molar-refractivity contribution is 0.00578. The summed E-state index contributed by atoms with van der Waals surface area (Å²) in [4.78, 5) is 0.205. The fourth-order valence-corrected chi connectivity index (χ4v) is 6.98. The Kier molecular flexibility index (Phi) is 7.36. The van der Waals surface area contributed by atoms with Gasteiger partial charge in [0.15, 0.2) is 0 Å². The number of methoxy groups -OCH3 is 1. The van der Waals surface area contributed by atoms with E-state index in [1.807, 2.05) is 71.0 Å². The van der Waals surface area contributed by atoms with Gasteiger partial charge in [0, 0.05) is 29.2 Å². The van der Waals surface area contributed by atoms with Crippen LogP contribution in [0.2, 0.25) is 0 Å². The third-order valence-corrected chi connectivity index (χ3v) is 10.8. The van der Waals surface area contributed by atoms with Crippen LogP contribution in [0.5, 0.6) is 5.75 Å². The number of hydrogen-bond acceptors (Lipinski definition) is 9. The highest BCUT2D eigenvalue weighted by Crippen LogP contribution is 2.38. The normalized spacial score (nSPS) is 16.1. The zero-order chi connectivity index (χ0) is 30.6. The van der Waals surface area contributed by atoms with Crippen LogP contribution in [0.15, 0.2) is 77.8 Å². The number of fused-ring (bicyclic) bond motifs is 1. The molecule has 5 aromatic rings. The van der Waals surface area contributed by atoms with Gasteiger partial charge < -0.3 is 19.4 Å². The van der Waals surface area contributed by atoms with Gasteiger partial charge in [0.25, 0.3) is 10.0 Å². The van der Waals surface area contributed by atoms with Crippen molar-refractivity contribution in [2.45, 2.75) is 57.3 Å². The maximum atomic E-state index is 13.9. The average Bonchev–Trinajstić information content (AvgIpc) is 3.66. The monoisotopic (exact) mass is 616 g/mol. The molecule has 0 spiro atoms. The second-order valence-electron chi connectivity index (χ2n) is 11.6. The van der Waals surface area contributed by atoms with Gasteiger partial charge in [-0.3, -0.25) is 0 Å². The summed E-state index contributed by atoms with van der Waals surface area (Å²) in [5.74, 6) is 0.803. The molecule has 9 nitrogen and oxygen atoms in total. The number of nitrogens with one attached hydrogen (secondary N) is 1. The Morgan fingerprint density at radius 1 is 0.953 bits per heavy atom. The first-order valence-corrected chi connectivity index (χ1v) is 16.2. The largest absolute Gasteiger partial charge is 0.497 e. The molecule has 6 rings (SSSR count). The fourth-order valence-electron chi connectivity index (χ4n) is 4.87. The van der Waals surface area contributed by atoms with E-state index in [0.717, 1.165) is 22.4 Å². The average molecular weight is 617 g/mol. The van der Waals surface area contributed by atoms with Gasteiger partial charge in [-0.25, -0.2) is 12.4 Å². The molecule has 3 heterocycles. The Morgan fingerprint density at radius 2 is 1.63 bits per heavy atom. The molecule has 222 valence electrons. The van der Waals surface area contributed by atoms with Crippen LogP contribution >= 0.6 is 11.3 Å². The number of nitrogens with zero attached hydrogens (tertiary/aromatic N) is 3. The van der Waals surface area contributed by atoms with Crippen molar-refractivity contribution in [3.05, 3.63) is 84.1 Å². The molecule has 0 amide bonds.